The van der Waals surface area contributed by atoms with E-state index in [-0.39, 0.29) is 47.8 Å². The van der Waals surface area contributed by atoms with Gasteiger partial charge in [-0.25, -0.2) is 14.0 Å². The Balaban J connectivity index is 0.650. The van der Waals surface area contributed by atoms with Gasteiger partial charge in [-0.2, -0.15) is 0 Å². The lowest BCUT2D eigenvalue weighted by molar-refractivity contribution is -0.122. The number of ketones is 3. The van der Waals surface area contributed by atoms with Crippen LogP contribution >= 0.6 is 0 Å². The molecule has 24 nitrogen and oxygen atoms in total. The molecule has 1 aliphatic carbocycles. The second kappa shape index (κ2) is 38.7. The van der Waals surface area contributed by atoms with Crippen LogP contribution < -0.4 is 49.6 Å². The van der Waals surface area contributed by atoms with Crippen molar-refractivity contribution >= 4 is 68.7 Å². The molecule has 8 rings (SSSR count). The highest BCUT2D eigenvalue weighted by molar-refractivity contribution is 7.86. The van der Waals surface area contributed by atoms with Crippen molar-refractivity contribution in [3.05, 3.63) is 123 Å². The molecule has 0 bridgehead atoms. The van der Waals surface area contributed by atoms with Gasteiger partial charge in [0, 0.05) is 157 Å². The van der Waals surface area contributed by atoms with E-state index in [2.05, 4.69) is 25.2 Å². The number of rotatable bonds is 43. The Labute approximate surface area is 589 Å². The molecule has 4 N–H and O–H groups in total. The number of aromatic nitrogens is 3. The highest BCUT2D eigenvalue weighted by Crippen LogP contribution is 2.39. The fourth-order valence-corrected chi connectivity index (χ4v) is 12.8. The van der Waals surface area contributed by atoms with Crippen LogP contribution in [0.15, 0.2) is 111 Å². The maximum atomic E-state index is 13.9. The number of nitrogens with one attached hydrogen (secondary N) is 4. The smallest absolute Gasteiger partial charge is 0.328 e. The number of likely N-dealkylation sites (N-methyl/N-ethyl adjacent to an activating group) is 1. The van der Waals surface area contributed by atoms with Crippen molar-refractivity contribution < 1.29 is 61.3 Å². The number of allylic oxidation sites excluding steroid dienone is 4. The van der Waals surface area contributed by atoms with E-state index in [0.29, 0.717) is 177 Å². The maximum absolute atomic E-state index is 13.9. The van der Waals surface area contributed by atoms with Crippen LogP contribution in [0.25, 0.3) is 22.2 Å². The summed E-state index contributed by atoms with van der Waals surface area (Å²) < 4.78 is 66.5. The normalized spacial score (nSPS) is 13.8. The third-order valence-corrected chi connectivity index (χ3v) is 18.3. The first-order valence-electron chi connectivity index (χ1n) is 34.5. The van der Waals surface area contributed by atoms with Crippen molar-refractivity contribution in [2.45, 2.75) is 103 Å². The fourth-order valence-electron chi connectivity index (χ4n) is 11.9. The number of unbranched alkanes of at least 4 members (excludes halogenated alkanes) is 1. The first-order chi connectivity index (χ1) is 48.2. The molecule has 540 valence electrons. The van der Waals surface area contributed by atoms with Gasteiger partial charge in [-0.3, -0.25) is 42.8 Å². The molecule has 100 heavy (non-hydrogen) atoms. The monoisotopic (exact) mass is 1400 g/mol. The van der Waals surface area contributed by atoms with Gasteiger partial charge in [0.15, 0.2) is 39.8 Å². The molecule has 1 saturated heterocycles. The Bertz CT molecular complexity index is 3930. The quantitative estimate of drug-likeness (QED) is 0.0157. The number of hydrogen-bond donors (Lipinski definition) is 4. The highest BCUT2D eigenvalue weighted by atomic mass is 32.2. The van der Waals surface area contributed by atoms with E-state index in [9.17, 15) is 28.2 Å². The van der Waals surface area contributed by atoms with Crippen LogP contribution in [-0.4, -0.2) is 190 Å². The number of pyridine rings is 1. The standard InChI is InChI=1S/C75H100N10O14S/c1-11-30-97-57-42-58(44-59(43-57)99-71-47-67-66(82(7)75(90)83(67)8)46-65(71)80-100(91)60-17-20-70(92-9)72(45-60)93-10)98-32-13-12-24-81(6)50-56(86)15-14-31-94-34-36-96-37-35-95-33-22-74(89)77-23-25-84-26-28-85(29-27-84)73-21-16-54(49-78-73)55-40-62(63(48-76)64(41-55)79-51(2)3)68(87)19-18-61-53(5)38-52(4)39-69(61)88/h16-17,20-21,38,40-49,51,76,79-80H,11-15,18-19,22-37,39,50H2,1-10H3,(H,77,89). The number of methoxy groups -OCH3 is 2. The van der Waals surface area contributed by atoms with Crippen molar-refractivity contribution in [3.8, 4) is 45.6 Å². The Morgan fingerprint density at radius 3 is 2.09 bits per heavy atom. The van der Waals surface area contributed by atoms with Crippen LogP contribution in [0.4, 0.5) is 17.2 Å². The predicted molar refractivity (Wildman–Crippen MR) is 391 cm³/mol. The van der Waals surface area contributed by atoms with Crippen LogP contribution in [0.3, 0.4) is 0 Å². The average molecular weight is 1400 g/mol. The van der Waals surface area contributed by atoms with Crippen molar-refractivity contribution in [2.24, 2.45) is 14.1 Å². The SMILES string of the molecule is CCCOc1cc(OCCCCN(C)CC(=O)CCCOCCOCCOCCC(=O)NCCN2CCN(c3ccc(-c4cc(NC(C)C)c(C=N)c(C(=O)CCC5=C(C)C=C(C)CC5=O)c4)cn3)CC2)cc(Oc2cc3c(cc2NS(=O)c2ccc(OC)c(OC)c2)n(C)c(=O)n3C)c1. The number of nitrogens with zero attached hydrogens (tertiary/aromatic N) is 6. The number of carbonyl (C=O) groups is 4. The number of ether oxygens (including phenoxy) is 8. The molecule has 6 aromatic rings. The van der Waals surface area contributed by atoms with E-state index in [4.69, 9.17) is 48.3 Å². The summed E-state index contributed by atoms with van der Waals surface area (Å²) in [6, 6.07) is 21.7. The molecule has 1 fully saturated rings. The molecule has 3 heterocycles. The Morgan fingerprint density at radius 1 is 0.730 bits per heavy atom. The zero-order valence-electron chi connectivity index (χ0n) is 59.7. The predicted octanol–water partition coefficient (Wildman–Crippen LogP) is 10.5. The van der Waals surface area contributed by atoms with Crippen molar-refractivity contribution in [3.63, 3.8) is 0 Å². The molecule has 0 saturated carbocycles. The van der Waals surface area contributed by atoms with Crippen LogP contribution in [0.1, 0.15) is 108 Å². The number of carbonyl (C=O) groups excluding carboxylic acids is 4. The van der Waals surface area contributed by atoms with Gasteiger partial charge in [-0.05, 0) is 133 Å². The molecule has 1 aliphatic heterocycles. The van der Waals surface area contributed by atoms with Gasteiger partial charge < -0.3 is 58.8 Å². The maximum Gasteiger partial charge on any atom is 0.328 e. The van der Waals surface area contributed by atoms with E-state index < -0.39 is 11.0 Å². The zero-order valence-corrected chi connectivity index (χ0v) is 60.5. The van der Waals surface area contributed by atoms with Gasteiger partial charge in [0.25, 0.3) is 0 Å². The Morgan fingerprint density at radius 2 is 1.42 bits per heavy atom. The van der Waals surface area contributed by atoms with Gasteiger partial charge in [0.2, 0.25) is 5.91 Å². The van der Waals surface area contributed by atoms with Gasteiger partial charge in [-0.1, -0.05) is 18.6 Å². The molecular weight excluding hydrogens is 1300 g/mol. The van der Waals surface area contributed by atoms with Gasteiger partial charge >= 0.3 is 5.69 Å². The minimum atomic E-state index is -1.77. The number of fused-ring (bicyclic) bond motifs is 1. The summed E-state index contributed by atoms with van der Waals surface area (Å²) in [5.74, 6) is 3.62. The third kappa shape index (κ3) is 22.4. The number of hydrogen-bond acceptors (Lipinski definition) is 20. The molecule has 2 aromatic heterocycles. The number of piperazine rings is 1. The molecule has 1 atom stereocenters. The lowest BCUT2D eigenvalue weighted by atomic mass is 9.88. The molecule has 1 amide bonds. The van der Waals surface area contributed by atoms with Crippen molar-refractivity contribution in [1.82, 2.24) is 29.2 Å². The second-order valence-corrected chi connectivity index (χ2v) is 26.6. The summed E-state index contributed by atoms with van der Waals surface area (Å²) in [5, 5.41) is 14.7. The zero-order chi connectivity index (χ0) is 71.7. The van der Waals surface area contributed by atoms with E-state index in [1.807, 2.05) is 89.2 Å². The summed E-state index contributed by atoms with van der Waals surface area (Å²) in [5.41, 5.74) is 7.36. The summed E-state index contributed by atoms with van der Waals surface area (Å²) in [6.07, 6.45) is 9.58. The molecule has 4 aromatic carbocycles. The third-order valence-electron chi connectivity index (χ3n) is 17.2. The molecule has 2 aliphatic rings. The molecule has 1 unspecified atom stereocenters. The van der Waals surface area contributed by atoms with Crippen LogP contribution in [0, 0.1) is 5.41 Å². The first kappa shape index (κ1) is 77.0. The van der Waals surface area contributed by atoms with Crippen molar-refractivity contribution in [1.29, 1.82) is 5.41 Å². The number of aryl methyl sites for hydroxylation is 2. The summed E-state index contributed by atoms with van der Waals surface area (Å²) >= 11 is 0. The van der Waals surface area contributed by atoms with E-state index in [1.165, 1.54) is 29.6 Å². The fraction of sp³-hybridized carbons (Fsp3) is 0.480. The van der Waals surface area contributed by atoms with E-state index in [1.54, 1.807) is 56.6 Å². The van der Waals surface area contributed by atoms with Crippen LogP contribution in [-0.2, 0) is 53.7 Å². The molecule has 0 spiro atoms. The minimum Gasteiger partial charge on any atom is -0.493 e. The summed E-state index contributed by atoms with van der Waals surface area (Å²) in [4.78, 5) is 76.9. The molecule has 0 radical (unpaired) electrons. The lowest BCUT2D eigenvalue weighted by Gasteiger charge is -2.35. The Hall–Kier alpha value is -8.72. The second-order valence-electron chi connectivity index (χ2n) is 25.4. The number of Topliss-reactive ketones (excluding diaryl/α,β-unsaturated/α-hetero) is 3. The first-order valence-corrected chi connectivity index (χ1v) is 35.6. The number of benzene rings is 4. The molecular formula is C75H100N10O14S. The Kier molecular flexibility index (Phi) is 29.8. The van der Waals surface area contributed by atoms with E-state index in [0.717, 1.165) is 80.1 Å². The highest BCUT2D eigenvalue weighted by Gasteiger charge is 2.25. The number of imidazole rings is 1. The molecule has 25 heteroatoms. The largest absolute Gasteiger partial charge is 0.493 e. The summed E-state index contributed by atoms with van der Waals surface area (Å²) in [7, 11) is 6.55. The van der Waals surface area contributed by atoms with Crippen LogP contribution in [0.2, 0.25) is 0 Å². The number of anilines is 3. The summed E-state index contributed by atoms with van der Waals surface area (Å²) in [6.45, 7) is 18.6. The van der Waals surface area contributed by atoms with Gasteiger partial charge in [0.05, 0.1) is 88.6 Å². The minimum absolute atomic E-state index is 0.0661. The van der Waals surface area contributed by atoms with Gasteiger partial charge in [0.1, 0.15) is 28.8 Å². The van der Waals surface area contributed by atoms with Gasteiger partial charge in [-0.15, -0.1) is 0 Å². The topological polar surface area (TPSA) is 269 Å². The van der Waals surface area contributed by atoms with Crippen molar-refractivity contribution in [2.75, 3.05) is 141 Å². The number of amides is 1. The average Bonchev–Trinajstić information content (AvgIpc) is 1.67. The lowest BCUT2D eigenvalue weighted by Crippen LogP contribution is -2.48. The van der Waals surface area contributed by atoms with Crippen LogP contribution in [0.5, 0.6) is 34.5 Å². The van der Waals surface area contributed by atoms with E-state index >= 15 is 0 Å².